The molecule has 0 spiro atoms. The number of carbonyl (C=O) groups is 1. The van der Waals surface area contributed by atoms with Crippen molar-refractivity contribution in [2.24, 2.45) is 0 Å². The fourth-order valence-electron chi connectivity index (χ4n) is 2.17. The average Bonchev–Trinajstić information content (AvgIpc) is 3.11. The lowest BCUT2D eigenvalue weighted by molar-refractivity contribution is -0.121. The molecule has 9 heteroatoms. The van der Waals surface area contributed by atoms with Crippen molar-refractivity contribution in [2.75, 3.05) is 18.5 Å². The number of benzene rings is 2. The average molecular weight is 388 g/mol. The van der Waals surface area contributed by atoms with Gasteiger partial charge in [0.15, 0.2) is 11.7 Å². The predicted molar refractivity (Wildman–Crippen MR) is 105 cm³/mol. The van der Waals surface area contributed by atoms with Gasteiger partial charge >= 0.3 is 0 Å². The van der Waals surface area contributed by atoms with E-state index in [4.69, 9.17) is 21.7 Å². The Morgan fingerprint density at radius 2 is 1.85 bits per heavy atom. The van der Waals surface area contributed by atoms with Crippen LogP contribution in [0.5, 0.6) is 11.5 Å². The number of anilines is 1. The van der Waals surface area contributed by atoms with E-state index in [9.17, 15) is 4.79 Å². The lowest BCUT2D eigenvalue weighted by atomic mass is 10.2. The third kappa shape index (κ3) is 4.64. The second-order valence-corrected chi connectivity index (χ2v) is 6.07. The first kappa shape index (κ1) is 18.0. The summed E-state index contributed by atoms with van der Waals surface area (Å²) < 4.78 is 19.2. The molecule has 0 aliphatic carbocycles. The van der Waals surface area contributed by atoms with Crippen molar-refractivity contribution < 1.29 is 14.3 Å². The zero-order valence-corrected chi connectivity index (χ0v) is 15.5. The molecular weight excluding hydrogens is 372 g/mol. The van der Waals surface area contributed by atoms with E-state index in [0.29, 0.717) is 23.6 Å². The van der Waals surface area contributed by atoms with E-state index in [2.05, 4.69) is 19.4 Å². The van der Waals surface area contributed by atoms with Gasteiger partial charge in [-0.15, -0.1) is 0 Å². The first-order valence-corrected chi connectivity index (χ1v) is 8.97. The molecule has 0 saturated carbocycles. The first-order valence-electron chi connectivity index (χ1n) is 7.83. The van der Waals surface area contributed by atoms with Gasteiger partial charge in [-0.1, -0.05) is 6.07 Å². The molecule has 134 valence electrons. The summed E-state index contributed by atoms with van der Waals surface area (Å²) in [5.74, 6) is 0.959. The van der Waals surface area contributed by atoms with Gasteiger partial charge in [0, 0.05) is 0 Å². The third-order valence-corrected chi connectivity index (χ3v) is 4.04. The van der Waals surface area contributed by atoms with E-state index in [1.165, 1.54) is 0 Å². The zero-order valence-electron chi connectivity index (χ0n) is 13.9. The molecular formula is C17H16N4O3S2. The number of hydrogen-bond acceptors (Lipinski definition) is 7. The fourth-order valence-corrected chi connectivity index (χ4v) is 2.94. The SMILES string of the molecule is CCOc1ccc(OCC(=O)NC(=S)Nc2cccc3nsnc23)cc1. The third-order valence-electron chi connectivity index (χ3n) is 3.29. The van der Waals surface area contributed by atoms with Gasteiger partial charge in [0.2, 0.25) is 0 Å². The number of amides is 1. The topological polar surface area (TPSA) is 85.4 Å². The summed E-state index contributed by atoms with van der Waals surface area (Å²) in [7, 11) is 0. The van der Waals surface area contributed by atoms with E-state index >= 15 is 0 Å². The minimum absolute atomic E-state index is 0.155. The predicted octanol–water partition coefficient (Wildman–Crippen LogP) is 2.98. The van der Waals surface area contributed by atoms with Crippen LogP contribution in [0.3, 0.4) is 0 Å². The van der Waals surface area contributed by atoms with Gasteiger partial charge < -0.3 is 14.8 Å². The zero-order chi connectivity index (χ0) is 18.4. The Kier molecular flexibility index (Phi) is 5.92. The summed E-state index contributed by atoms with van der Waals surface area (Å²) >= 11 is 6.28. The largest absolute Gasteiger partial charge is 0.494 e. The van der Waals surface area contributed by atoms with Gasteiger partial charge in [-0.2, -0.15) is 8.75 Å². The summed E-state index contributed by atoms with van der Waals surface area (Å²) in [6.45, 7) is 2.35. The van der Waals surface area contributed by atoms with Crippen molar-refractivity contribution in [3.05, 3.63) is 42.5 Å². The molecule has 2 aromatic carbocycles. The van der Waals surface area contributed by atoms with Crippen LogP contribution >= 0.6 is 23.9 Å². The van der Waals surface area contributed by atoms with Crippen LogP contribution in [0.15, 0.2) is 42.5 Å². The van der Waals surface area contributed by atoms with Crippen LogP contribution in [-0.4, -0.2) is 33.0 Å². The Hall–Kier alpha value is -2.78. The van der Waals surface area contributed by atoms with Crippen LogP contribution < -0.4 is 20.1 Å². The summed E-state index contributed by atoms with van der Waals surface area (Å²) in [6, 6.07) is 12.6. The maximum Gasteiger partial charge on any atom is 0.264 e. The second-order valence-electron chi connectivity index (χ2n) is 5.13. The molecule has 0 aliphatic rings. The van der Waals surface area contributed by atoms with Gasteiger partial charge in [-0.3, -0.25) is 10.1 Å². The molecule has 3 rings (SSSR count). The number of carbonyl (C=O) groups excluding carboxylic acids is 1. The summed E-state index contributed by atoms with van der Waals surface area (Å²) in [5, 5.41) is 5.70. The highest BCUT2D eigenvalue weighted by Gasteiger charge is 2.09. The number of nitrogens with zero attached hydrogens (tertiary/aromatic N) is 2. The first-order chi connectivity index (χ1) is 12.7. The number of fused-ring (bicyclic) bond motifs is 1. The Labute approximate surface area is 159 Å². The van der Waals surface area contributed by atoms with Crippen molar-refractivity contribution in [3.8, 4) is 11.5 Å². The molecule has 7 nitrogen and oxygen atoms in total. The summed E-state index contributed by atoms with van der Waals surface area (Å²) in [6.07, 6.45) is 0. The highest BCUT2D eigenvalue weighted by Crippen LogP contribution is 2.21. The molecule has 0 bridgehead atoms. The normalized spacial score (nSPS) is 10.3. The standard InChI is InChI=1S/C17H16N4O3S2/c1-2-23-11-6-8-12(9-7-11)24-10-15(22)19-17(25)18-13-4-3-5-14-16(13)21-26-20-14/h3-9H,2,10H2,1H3,(H2,18,19,22,25). The Bertz CT molecular complexity index is 912. The van der Waals surface area contributed by atoms with Crippen molar-refractivity contribution in [3.63, 3.8) is 0 Å². The quantitative estimate of drug-likeness (QED) is 0.628. The molecule has 0 aliphatic heterocycles. The van der Waals surface area contributed by atoms with Gasteiger partial charge in [0.1, 0.15) is 22.5 Å². The molecule has 2 N–H and O–H groups in total. The van der Waals surface area contributed by atoms with E-state index in [1.54, 1.807) is 24.3 Å². The molecule has 0 fully saturated rings. The van der Waals surface area contributed by atoms with Crippen LogP contribution in [0.2, 0.25) is 0 Å². The molecule has 1 amide bonds. The highest BCUT2D eigenvalue weighted by atomic mass is 32.1. The van der Waals surface area contributed by atoms with E-state index in [0.717, 1.165) is 23.0 Å². The Morgan fingerprint density at radius 1 is 1.12 bits per heavy atom. The number of thiocarbonyl (C=S) groups is 1. The molecule has 26 heavy (non-hydrogen) atoms. The number of nitrogens with one attached hydrogen (secondary N) is 2. The maximum atomic E-state index is 12.0. The highest BCUT2D eigenvalue weighted by molar-refractivity contribution is 7.80. The molecule has 0 atom stereocenters. The van der Waals surface area contributed by atoms with E-state index in [-0.39, 0.29) is 17.6 Å². The Balaban J connectivity index is 1.50. The number of aromatic nitrogens is 2. The van der Waals surface area contributed by atoms with Crippen LogP contribution in [0.1, 0.15) is 6.92 Å². The van der Waals surface area contributed by atoms with Gasteiger partial charge in [0.25, 0.3) is 5.91 Å². The lowest BCUT2D eigenvalue weighted by Crippen LogP contribution is -2.37. The summed E-state index contributed by atoms with van der Waals surface area (Å²) in [4.78, 5) is 12.0. The number of rotatable bonds is 6. The van der Waals surface area contributed by atoms with E-state index in [1.807, 2.05) is 25.1 Å². The maximum absolute atomic E-state index is 12.0. The second kappa shape index (κ2) is 8.54. The summed E-state index contributed by atoms with van der Waals surface area (Å²) in [5.41, 5.74) is 2.17. The smallest absolute Gasteiger partial charge is 0.264 e. The molecule has 0 unspecified atom stereocenters. The van der Waals surface area contributed by atoms with Crippen LogP contribution in [0, 0.1) is 0 Å². The van der Waals surface area contributed by atoms with Gasteiger partial charge in [-0.05, 0) is 55.5 Å². The van der Waals surface area contributed by atoms with Crippen LogP contribution in [0.25, 0.3) is 11.0 Å². The minimum atomic E-state index is -0.361. The van der Waals surface area contributed by atoms with Crippen molar-refractivity contribution >= 4 is 51.7 Å². The number of hydrogen-bond donors (Lipinski definition) is 2. The molecule has 1 aromatic heterocycles. The van der Waals surface area contributed by atoms with Gasteiger partial charge in [0.05, 0.1) is 24.0 Å². The molecule has 0 radical (unpaired) electrons. The van der Waals surface area contributed by atoms with Crippen molar-refractivity contribution in [2.45, 2.75) is 6.92 Å². The number of ether oxygens (including phenoxy) is 2. The fraction of sp³-hybridized carbons (Fsp3) is 0.176. The van der Waals surface area contributed by atoms with Crippen molar-refractivity contribution in [1.29, 1.82) is 0 Å². The Morgan fingerprint density at radius 3 is 2.58 bits per heavy atom. The minimum Gasteiger partial charge on any atom is -0.494 e. The van der Waals surface area contributed by atoms with Gasteiger partial charge in [-0.25, -0.2) is 0 Å². The van der Waals surface area contributed by atoms with Crippen molar-refractivity contribution in [1.82, 2.24) is 14.1 Å². The molecule has 3 aromatic rings. The molecule has 0 saturated heterocycles. The molecule has 1 heterocycles. The lowest BCUT2D eigenvalue weighted by Gasteiger charge is -2.11. The van der Waals surface area contributed by atoms with E-state index < -0.39 is 0 Å². The van der Waals surface area contributed by atoms with Crippen LogP contribution in [0.4, 0.5) is 5.69 Å². The monoisotopic (exact) mass is 388 g/mol. The van der Waals surface area contributed by atoms with Crippen LogP contribution in [-0.2, 0) is 4.79 Å².